The minimum absolute atomic E-state index is 0. The van der Waals surface area contributed by atoms with Crippen LogP contribution in [0.4, 0.5) is 0 Å². The first-order valence-electron chi connectivity index (χ1n) is 9.25. The number of benzene rings is 2. The summed E-state index contributed by atoms with van der Waals surface area (Å²) in [5.41, 5.74) is 9.00. The molecule has 0 unspecified atom stereocenters. The second-order valence-electron chi connectivity index (χ2n) is 6.94. The third kappa shape index (κ3) is 4.83. The van der Waals surface area contributed by atoms with Crippen LogP contribution in [0.1, 0.15) is 37.8 Å². The zero-order chi connectivity index (χ0) is 17.9. The Hall–Kier alpha value is -1.27. The molecular weight excluding hydrogens is 462 g/mol. The molecule has 4 rings (SSSR count). The topological polar surface area (TPSA) is 0 Å². The van der Waals surface area contributed by atoms with Gasteiger partial charge in [-0.25, -0.2) is 0 Å². The van der Waals surface area contributed by atoms with Gasteiger partial charge in [-0.05, 0) is 0 Å². The molecule has 2 aromatic rings. The number of halogens is 2. The molecule has 0 bridgehead atoms. The Labute approximate surface area is 192 Å². The van der Waals surface area contributed by atoms with Crippen LogP contribution in [-0.2, 0) is 22.8 Å². The molecule has 0 amide bonds. The molecule has 0 radical (unpaired) electrons. The maximum absolute atomic E-state index is 2.34. The Morgan fingerprint density at radius 3 is 1.86 bits per heavy atom. The first-order chi connectivity index (χ1) is 12.7. The zero-order valence-electron chi connectivity index (χ0n) is 16.2. The summed E-state index contributed by atoms with van der Waals surface area (Å²) in [6.45, 7) is 4.66. The molecule has 2 aliphatic carbocycles. The van der Waals surface area contributed by atoms with Gasteiger partial charge in [0.2, 0.25) is 0 Å². The number of allylic oxidation sites excluding steroid dienone is 8. The van der Waals surface area contributed by atoms with E-state index in [1.54, 1.807) is 17.6 Å². The summed E-state index contributed by atoms with van der Waals surface area (Å²) in [5.74, 6) is 0. The zero-order valence-corrected chi connectivity index (χ0v) is 20.1. The van der Waals surface area contributed by atoms with Gasteiger partial charge in [0.05, 0.1) is 0 Å². The summed E-state index contributed by atoms with van der Waals surface area (Å²) in [6, 6.07) is 22.0. The maximum atomic E-state index is 2.34. The maximum Gasteiger partial charge on any atom is -1.00 e. The van der Waals surface area contributed by atoms with Crippen LogP contribution < -0.4 is 24.8 Å². The molecule has 0 saturated carbocycles. The summed E-state index contributed by atoms with van der Waals surface area (Å²) < 4.78 is 3.33. The molecule has 0 spiro atoms. The Kier molecular flexibility index (Phi) is 8.63. The van der Waals surface area contributed by atoms with Crippen molar-refractivity contribution in [1.82, 2.24) is 0 Å². The standard InChI is InChI=1S/C13H10.C12H13.2ClH.Zr/c1-3-7-12(8-4-1)11-13-9-5-2-6-10-13;1-9-7-8-12(10(9)2)11-5-3-4-6-11;;;/h1-10H;3-5H,6,8H2,1-2H3;2*1H;/q;;;;+2/p-2. The minimum Gasteiger partial charge on any atom is -1.00 e. The van der Waals surface area contributed by atoms with Crippen LogP contribution >= 0.6 is 0 Å². The van der Waals surface area contributed by atoms with E-state index in [0.717, 1.165) is 6.42 Å². The minimum atomic E-state index is -0.871. The monoisotopic (exact) mass is 483 g/mol. The van der Waals surface area contributed by atoms with Gasteiger partial charge in [0.1, 0.15) is 0 Å². The van der Waals surface area contributed by atoms with E-state index in [2.05, 4.69) is 92.7 Å². The van der Waals surface area contributed by atoms with Gasteiger partial charge in [0, 0.05) is 0 Å². The molecule has 0 aromatic heterocycles. The van der Waals surface area contributed by atoms with Crippen molar-refractivity contribution >= 4 is 3.21 Å². The molecule has 0 heterocycles. The molecule has 0 nitrogen and oxygen atoms in total. The van der Waals surface area contributed by atoms with Crippen LogP contribution in [0.25, 0.3) is 0 Å². The molecule has 0 N–H and O–H groups in total. The SMILES string of the molecule is CC1=[C]([Zr+2]=[C](c2ccccc2)c2ccccc2)CC(C2=CC=CC2)=C1C.[Cl-].[Cl-]. The molecule has 0 aliphatic heterocycles. The van der Waals surface area contributed by atoms with E-state index in [4.69, 9.17) is 0 Å². The third-order valence-corrected chi connectivity index (χ3v) is 9.51. The number of hydrogen-bond donors (Lipinski definition) is 0. The van der Waals surface area contributed by atoms with Gasteiger partial charge in [0.15, 0.2) is 0 Å². The van der Waals surface area contributed by atoms with Crippen LogP contribution in [0.2, 0.25) is 0 Å². The fraction of sp³-hybridized carbons (Fsp3) is 0.160. The molecule has 2 aromatic carbocycles. The van der Waals surface area contributed by atoms with Crippen molar-refractivity contribution in [3.8, 4) is 0 Å². The molecule has 2 aliphatic rings. The van der Waals surface area contributed by atoms with Crippen LogP contribution in [0.5, 0.6) is 0 Å². The largest absolute Gasteiger partial charge is 1.00 e. The predicted octanol–water partition coefficient (Wildman–Crippen LogP) is 0.226. The molecule has 141 valence electrons. The summed E-state index contributed by atoms with van der Waals surface area (Å²) in [7, 11) is 0. The summed E-state index contributed by atoms with van der Waals surface area (Å²) >= 11 is -0.871. The summed E-state index contributed by atoms with van der Waals surface area (Å²) in [4.78, 5) is 0. The smallest absolute Gasteiger partial charge is 1.00 e. The van der Waals surface area contributed by atoms with Crippen molar-refractivity contribution < 1.29 is 47.6 Å². The Balaban J connectivity index is 0.00000140. The van der Waals surface area contributed by atoms with Crippen molar-refractivity contribution in [3.63, 3.8) is 0 Å². The predicted molar refractivity (Wildman–Crippen MR) is 108 cm³/mol. The molecule has 0 fully saturated rings. The Morgan fingerprint density at radius 1 is 0.786 bits per heavy atom. The summed E-state index contributed by atoms with van der Waals surface area (Å²) in [6.07, 6.45) is 9.05. The van der Waals surface area contributed by atoms with Crippen molar-refractivity contribution in [3.05, 3.63) is 116 Å². The molecule has 3 heteroatoms. The first-order valence-corrected chi connectivity index (χ1v) is 11.7. The fourth-order valence-electron chi connectivity index (χ4n) is 3.73. The van der Waals surface area contributed by atoms with Crippen LogP contribution in [-0.4, -0.2) is 3.21 Å². The van der Waals surface area contributed by atoms with Gasteiger partial charge < -0.3 is 24.8 Å². The van der Waals surface area contributed by atoms with E-state index >= 15 is 0 Å². The van der Waals surface area contributed by atoms with Crippen LogP contribution in [0, 0.1) is 0 Å². The second kappa shape index (κ2) is 10.5. The van der Waals surface area contributed by atoms with Crippen molar-refractivity contribution in [2.75, 3.05) is 0 Å². The van der Waals surface area contributed by atoms with Gasteiger partial charge >= 0.3 is 168 Å². The van der Waals surface area contributed by atoms with E-state index in [9.17, 15) is 0 Å². The van der Waals surface area contributed by atoms with E-state index in [1.807, 2.05) is 0 Å². The Bertz CT molecular complexity index is 936. The fourth-order valence-corrected chi connectivity index (χ4v) is 7.57. The first kappa shape index (κ1) is 23.0. The van der Waals surface area contributed by atoms with Crippen molar-refractivity contribution in [1.29, 1.82) is 0 Å². The molecule has 0 saturated heterocycles. The average Bonchev–Trinajstić information content (AvgIpc) is 3.31. The van der Waals surface area contributed by atoms with E-state index in [-0.39, 0.29) is 24.8 Å². The number of rotatable bonds is 4. The van der Waals surface area contributed by atoms with Crippen LogP contribution in [0.15, 0.2) is 104 Å². The van der Waals surface area contributed by atoms with Crippen molar-refractivity contribution in [2.45, 2.75) is 26.7 Å². The number of hydrogen-bond acceptors (Lipinski definition) is 0. The van der Waals surface area contributed by atoms with Gasteiger partial charge in [0.25, 0.3) is 0 Å². The van der Waals surface area contributed by atoms with E-state index in [1.165, 1.54) is 28.7 Å². The summed E-state index contributed by atoms with van der Waals surface area (Å²) in [5, 5.41) is 0. The molecule has 0 atom stereocenters. The van der Waals surface area contributed by atoms with Crippen molar-refractivity contribution in [2.24, 2.45) is 0 Å². The van der Waals surface area contributed by atoms with E-state index in [0.29, 0.717) is 0 Å². The molecule has 28 heavy (non-hydrogen) atoms. The normalized spacial score (nSPS) is 15.0. The Morgan fingerprint density at radius 2 is 1.36 bits per heavy atom. The van der Waals surface area contributed by atoms with E-state index < -0.39 is 22.8 Å². The molecular formula is C25H23Cl2Zr. The quantitative estimate of drug-likeness (QED) is 0.582. The van der Waals surface area contributed by atoms with Gasteiger partial charge in [-0.15, -0.1) is 0 Å². The van der Waals surface area contributed by atoms with Gasteiger partial charge in [-0.2, -0.15) is 0 Å². The average molecular weight is 486 g/mol. The van der Waals surface area contributed by atoms with Gasteiger partial charge in [-0.3, -0.25) is 0 Å². The third-order valence-electron chi connectivity index (χ3n) is 5.38. The van der Waals surface area contributed by atoms with Crippen LogP contribution in [0.3, 0.4) is 0 Å². The second-order valence-corrected chi connectivity index (χ2v) is 10.3. The van der Waals surface area contributed by atoms with Gasteiger partial charge in [-0.1, -0.05) is 0 Å².